The number of nitrogens with zero attached hydrogens (tertiary/aromatic N) is 1. The number of methoxy groups -OCH3 is 1. The molecule has 1 aromatic carbocycles. The van der Waals surface area contributed by atoms with Gasteiger partial charge in [-0.05, 0) is 31.7 Å². The molecule has 22 heavy (non-hydrogen) atoms. The molecule has 1 fully saturated rings. The molecule has 0 heterocycles. The maximum atomic E-state index is 12.5. The maximum absolute atomic E-state index is 12.5. The second-order valence-corrected chi connectivity index (χ2v) is 6.19. The normalized spacial score (nSPS) is 15.2. The van der Waals surface area contributed by atoms with Crippen molar-refractivity contribution in [3.8, 4) is 0 Å². The van der Waals surface area contributed by atoms with E-state index in [0.29, 0.717) is 19.0 Å². The predicted octanol–water partition coefficient (Wildman–Crippen LogP) is 2.73. The van der Waals surface area contributed by atoms with Crippen molar-refractivity contribution in [2.45, 2.75) is 45.6 Å². The van der Waals surface area contributed by atoms with Crippen LogP contribution in [0.2, 0.25) is 0 Å². The van der Waals surface area contributed by atoms with Crippen molar-refractivity contribution >= 4 is 11.9 Å². The Labute approximate surface area is 132 Å². The van der Waals surface area contributed by atoms with Gasteiger partial charge in [0.05, 0.1) is 13.0 Å². The van der Waals surface area contributed by atoms with E-state index in [0.717, 1.165) is 19.3 Å². The molecule has 1 atom stereocenters. The molecule has 120 valence electrons. The summed E-state index contributed by atoms with van der Waals surface area (Å²) in [5.41, 5.74) is 2.40. The number of carbonyl (C=O) groups excluding carboxylic acids is 2. The highest BCUT2D eigenvalue weighted by atomic mass is 16.5. The lowest BCUT2D eigenvalue weighted by molar-refractivity contribution is -0.146. The zero-order valence-corrected chi connectivity index (χ0v) is 13.7. The SMILES string of the molecule is COC(=O)C(C)CN(C(=O)CCc1ccc(C)cc1)C1CC1. The highest BCUT2D eigenvalue weighted by molar-refractivity contribution is 5.78. The van der Waals surface area contributed by atoms with Crippen LogP contribution in [0.15, 0.2) is 24.3 Å². The highest BCUT2D eigenvalue weighted by Gasteiger charge is 2.34. The first-order valence-electron chi connectivity index (χ1n) is 7.94. The third-order valence-electron chi connectivity index (χ3n) is 4.13. The number of hydrogen-bond donors (Lipinski definition) is 0. The molecule has 4 nitrogen and oxygen atoms in total. The molecule has 1 aliphatic rings. The number of benzene rings is 1. The largest absolute Gasteiger partial charge is 0.469 e. The number of ether oxygens (including phenoxy) is 1. The van der Waals surface area contributed by atoms with Crippen molar-refractivity contribution in [1.29, 1.82) is 0 Å². The van der Waals surface area contributed by atoms with Gasteiger partial charge in [-0.15, -0.1) is 0 Å². The summed E-state index contributed by atoms with van der Waals surface area (Å²) in [5, 5.41) is 0. The molecule has 1 saturated carbocycles. The molecule has 1 amide bonds. The van der Waals surface area contributed by atoms with Crippen LogP contribution in [0.1, 0.15) is 37.3 Å². The number of esters is 1. The molecule has 0 radical (unpaired) electrons. The molecule has 4 heteroatoms. The van der Waals surface area contributed by atoms with Crippen LogP contribution in [0, 0.1) is 12.8 Å². The molecule has 0 bridgehead atoms. The lowest BCUT2D eigenvalue weighted by atomic mass is 10.1. The first-order valence-corrected chi connectivity index (χ1v) is 7.94. The predicted molar refractivity (Wildman–Crippen MR) is 85.4 cm³/mol. The summed E-state index contributed by atoms with van der Waals surface area (Å²) in [5.74, 6) is -0.385. The smallest absolute Gasteiger partial charge is 0.310 e. The molecular weight excluding hydrogens is 278 g/mol. The molecule has 0 aromatic heterocycles. The molecule has 1 aliphatic carbocycles. The summed E-state index contributed by atoms with van der Waals surface area (Å²) in [6.07, 6.45) is 3.33. The van der Waals surface area contributed by atoms with Crippen LogP contribution in [-0.4, -0.2) is 36.5 Å². The van der Waals surface area contributed by atoms with E-state index in [4.69, 9.17) is 4.74 Å². The molecule has 0 N–H and O–H groups in total. The Bertz CT molecular complexity index is 520. The van der Waals surface area contributed by atoms with Crippen LogP contribution >= 0.6 is 0 Å². The summed E-state index contributed by atoms with van der Waals surface area (Å²) in [6, 6.07) is 8.59. The number of aryl methyl sites for hydroxylation is 2. The van der Waals surface area contributed by atoms with E-state index in [2.05, 4.69) is 31.2 Å². The van der Waals surface area contributed by atoms with Gasteiger partial charge in [0, 0.05) is 19.0 Å². The summed E-state index contributed by atoms with van der Waals surface area (Å²) in [7, 11) is 1.39. The highest BCUT2D eigenvalue weighted by Crippen LogP contribution is 2.28. The van der Waals surface area contributed by atoms with Crippen molar-refractivity contribution in [1.82, 2.24) is 4.90 Å². The monoisotopic (exact) mass is 303 g/mol. The Kier molecular flexibility index (Phi) is 5.58. The first kappa shape index (κ1) is 16.5. The van der Waals surface area contributed by atoms with Crippen molar-refractivity contribution in [2.75, 3.05) is 13.7 Å². The Morgan fingerprint density at radius 2 is 1.91 bits per heavy atom. The summed E-state index contributed by atoms with van der Waals surface area (Å²) in [4.78, 5) is 25.9. The molecule has 2 rings (SSSR count). The quantitative estimate of drug-likeness (QED) is 0.728. The van der Waals surface area contributed by atoms with E-state index in [-0.39, 0.29) is 17.8 Å². The standard InChI is InChI=1S/C18H25NO3/c1-13-4-6-15(7-5-13)8-11-17(20)19(16-9-10-16)12-14(2)18(21)22-3/h4-7,14,16H,8-12H2,1-3H3. The Hall–Kier alpha value is -1.84. The maximum Gasteiger partial charge on any atom is 0.310 e. The van der Waals surface area contributed by atoms with Gasteiger partial charge >= 0.3 is 5.97 Å². The van der Waals surface area contributed by atoms with Gasteiger partial charge in [0.2, 0.25) is 5.91 Å². The zero-order chi connectivity index (χ0) is 16.1. The van der Waals surface area contributed by atoms with Crippen LogP contribution in [0.5, 0.6) is 0 Å². The van der Waals surface area contributed by atoms with E-state index in [1.54, 1.807) is 0 Å². The Morgan fingerprint density at radius 3 is 2.45 bits per heavy atom. The molecule has 1 unspecified atom stereocenters. The van der Waals surface area contributed by atoms with Gasteiger partial charge in [0.1, 0.15) is 0 Å². The first-order chi connectivity index (χ1) is 10.5. The van der Waals surface area contributed by atoms with Gasteiger partial charge < -0.3 is 9.64 Å². The van der Waals surface area contributed by atoms with Gasteiger partial charge in [-0.25, -0.2) is 0 Å². The Balaban J connectivity index is 1.89. The molecule has 0 aliphatic heterocycles. The fourth-order valence-corrected chi connectivity index (χ4v) is 2.56. The van der Waals surface area contributed by atoms with Crippen LogP contribution < -0.4 is 0 Å². The van der Waals surface area contributed by atoms with E-state index in [9.17, 15) is 9.59 Å². The minimum absolute atomic E-state index is 0.138. The third kappa shape index (κ3) is 4.58. The second kappa shape index (κ2) is 7.43. The number of carbonyl (C=O) groups is 2. The van der Waals surface area contributed by atoms with Gasteiger partial charge in [-0.1, -0.05) is 36.8 Å². The van der Waals surface area contributed by atoms with Crippen LogP contribution in [0.25, 0.3) is 0 Å². The zero-order valence-electron chi connectivity index (χ0n) is 13.7. The van der Waals surface area contributed by atoms with Crippen molar-refractivity contribution in [3.05, 3.63) is 35.4 Å². The average Bonchev–Trinajstić information content (AvgIpc) is 3.35. The Morgan fingerprint density at radius 1 is 1.27 bits per heavy atom. The minimum atomic E-state index is -0.270. The summed E-state index contributed by atoms with van der Waals surface area (Å²) < 4.78 is 4.76. The van der Waals surface area contributed by atoms with Crippen molar-refractivity contribution in [2.24, 2.45) is 5.92 Å². The van der Waals surface area contributed by atoms with Gasteiger partial charge in [-0.2, -0.15) is 0 Å². The fourth-order valence-electron chi connectivity index (χ4n) is 2.56. The van der Waals surface area contributed by atoms with Gasteiger partial charge in [-0.3, -0.25) is 9.59 Å². The molecule has 0 spiro atoms. The van der Waals surface area contributed by atoms with Gasteiger partial charge in [0.25, 0.3) is 0 Å². The van der Waals surface area contributed by atoms with E-state index in [1.165, 1.54) is 18.2 Å². The molecule has 1 aromatic rings. The fraction of sp³-hybridized carbons (Fsp3) is 0.556. The lowest BCUT2D eigenvalue weighted by Crippen LogP contribution is -2.39. The van der Waals surface area contributed by atoms with E-state index < -0.39 is 0 Å². The lowest BCUT2D eigenvalue weighted by Gasteiger charge is -2.25. The minimum Gasteiger partial charge on any atom is -0.469 e. The number of hydrogen-bond acceptors (Lipinski definition) is 3. The molecule has 0 saturated heterocycles. The molecular formula is C18H25NO3. The van der Waals surface area contributed by atoms with E-state index in [1.807, 2.05) is 11.8 Å². The van der Waals surface area contributed by atoms with Crippen LogP contribution in [0.4, 0.5) is 0 Å². The van der Waals surface area contributed by atoms with Gasteiger partial charge in [0.15, 0.2) is 0 Å². The third-order valence-corrected chi connectivity index (χ3v) is 4.13. The number of amides is 1. The number of rotatable bonds is 7. The topological polar surface area (TPSA) is 46.6 Å². The van der Waals surface area contributed by atoms with Crippen LogP contribution in [0.3, 0.4) is 0 Å². The van der Waals surface area contributed by atoms with Crippen LogP contribution in [-0.2, 0) is 20.7 Å². The summed E-state index contributed by atoms with van der Waals surface area (Å²) in [6.45, 7) is 4.33. The van der Waals surface area contributed by atoms with Crippen molar-refractivity contribution in [3.63, 3.8) is 0 Å². The summed E-state index contributed by atoms with van der Waals surface area (Å²) >= 11 is 0. The average molecular weight is 303 g/mol. The van der Waals surface area contributed by atoms with E-state index >= 15 is 0 Å². The second-order valence-electron chi connectivity index (χ2n) is 6.19. The van der Waals surface area contributed by atoms with Crippen molar-refractivity contribution < 1.29 is 14.3 Å².